The molecule has 3 fully saturated rings. The molecule has 10 nitrogen and oxygen atoms in total. The van der Waals surface area contributed by atoms with Crippen molar-refractivity contribution in [2.45, 2.75) is 81.1 Å². The normalized spacial score (nSPS) is 35.0. The maximum Gasteiger partial charge on any atom is 0.264 e. The molecule has 6 aliphatic rings. The van der Waals surface area contributed by atoms with Crippen LogP contribution in [0.25, 0.3) is 0 Å². The van der Waals surface area contributed by atoms with Crippen LogP contribution in [0.15, 0.2) is 48.6 Å². The van der Waals surface area contributed by atoms with Crippen molar-refractivity contribution in [3.8, 4) is 5.75 Å². The molecule has 2 aliphatic carbocycles. The molecule has 1 saturated carbocycles. The number of carbonyl (C=O) groups is 1. The van der Waals surface area contributed by atoms with Gasteiger partial charge in [0.2, 0.25) is 10.0 Å². The summed E-state index contributed by atoms with van der Waals surface area (Å²) in [5.41, 5.74) is 2.94. The maximum absolute atomic E-state index is 13.7. The molecular formula is C42H57ClN4O6S. The number of nitrogens with one attached hydrogen (secondary N) is 1. The molecular weight excluding hydrogens is 724 g/mol. The Bertz CT molecular complexity index is 1860. The lowest BCUT2D eigenvalue weighted by atomic mass is 9.62. The van der Waals surface area contributed by atoms with Gasteiger partial charge in [-0.25, -0.2) is 13.1 Å². The fourth-order valence-electron chi connectivity index (χ4n) is 10.3. The number of hydrogen-bond donors (Lipinski definition) is 1. The average Bonchev–Trinajstić information content (AvgIpc) is 3.30. The van der Waals surface area contributed by atoms with Gasteiger partial charge in [0, 0.05) is 75.0 Å². The minimum absolute atomic E-state index is 0.217. The van der Waals surface area contributed by atoms with E-state index < -0.39 is 26.8 Å². The molecule has 2 aromatic carbocycles. The van der Waals surface area contributed by atoms with E-state index in [4.69, 9.17) is 25.8 Å². The largest absolute Gasteiger partial charge is 0.490 e. The Labute approximate surface area is 326 Å². The van der Waals surface area contributed by atoms with E-state index in [2.05, 4.69) is 43.7 Å². The van der Waals surface area contributed by atoms with Crippen LogP contribution in [0.1, 0.15) is 73.9 Å². The van der Waals surface area contributed by atoms with Crippen LogP contribution in [-0.4, -0.2) is 114 Å². The summed E-state index contributed by atoms with van der Waals surface area (Å²) in [6.07, 6.45) is 11.0. The first-order valence-electron chi connectivity index (χ1n) is 20.1. The summed E-state index contributed by atoms with van der Waals surface area (Å²) >= 11 is 6.51. The minimum Gasteiger partial charge on any atom is -0.490 e. The number of methoxy groups -OCH3 is 1. The summed E-state index contributed by atoms with van der Waals surface area (Å²) < 4.78 is 48.9. The zero-order valence-electron chi connectivity index (χ0n) is 32.1. The van der Waals surface area contributed by atoms with Gasteiger partial charge < -0.3 is 24.0 Å². The van der Waals surface area contributed by atoms with Crippen LogP contribution in [0.3, 0.4) is 0 Å². The Morgan fingerprint density at radius 1 is 1.07 bits per heavy atom. The molecule has 1 N–H and O–H groups in total. The number of anilines is 1. The molecule has 7 atom stereocenters. The zero-order chi connectivity index (χ0) is 37.7. The predicted molar refractivity (Wildman–Crippen MR) is 212 cm³/mol. The van der Waals surface area contributed by atoms with Crippen LogP contribution >= 0.6 is 11.6 Å². The van der Waals surface area contributed by atoms with Gasteiger partial charge in [0.25, 0.3) is 5.91 Å². The number of benzene rings is 2. The number of aryl methyl sites for hydroxylation is 1. The average molecular weight is 781 g/mol. The second-order valence-corrected chi connectivity index (χ2v) is 19.5. The maximum atomic E-state index is 13.7. The molecule has 4 aliphatic heterocycles. The van der Waals surface area contributed by atoms with Crippen molar-refractivity contribution in [2.24, 2.45) is 17.8 Å². The van der Waals surface area contributed by atoms with E-state index >= 15 is 0 Å². The molecule has 54 heavy (non-hydrogen) atoms. The van der Waals surface area contributed by atoms with E-state index in [0.717, 1.165) is 114 Å². The van der Waals surface area contributed by atoms with E-state index in [1.54, 1.807) is 13.0 Å². The number of hydrogen-bond acceptors (Lipinski definition) is 9. The Morgan fingerprint density at radius 3 is 2.76 bits per heavy atom. The molecule has 0 unspecified atom stereocenters. The molecule has 4 heterocycles. The quantitative estimate of drug-likeness (QED) is 0.394. The lowest BCUT2D eigenvalue weighted by molar-refractivity contribution is -0.0898. The lowest BCUT2D eigenvalue weighted by Gasteiger charge is -2.51. The number of piperazine rings is 1. The van der Waals surface area contributed by atoms with E-state index in [1.807, 2.05) is 32.2 Å². The highest BCUT2D eigenvalue weighted by atomic mass is 35.5. The van der Waals surface area contributed by atoms with Crippen molar-refractivity contribution in [2.75, 3.05) is 77.6 Å². The Balaban J connectivity index is 1.16. The number of fused-ring (bicyclic) bond motifs is 5. The molecule has 2 aromatic rings. The number of sulfonamides is 1. The molecule has 1 spiro atoms. The third-order valence-electron chi connectivity index (χ3n) is 14.0. The summed E-state index contributed by atoms with van der Waals surface area (Å²) in [4.78, 5) is 21.3. The van der Waals surface area contributed by atoms with Crippen molar-refractivity contribution >= 4 is 33.2 Å². The van der Waals surface area contributed by atoms with Gasteiger partial charge in [-0.1, -0.05) is 36.7 Å². The second-order valence-electron chi connectivity index (χ2n) is 17.0. The standard InChI is InChI=1S/C42H57ClN4O6S/c1-29-6-4-15-42(51-3,16-17-45-18-19-46-20-21-52-26-35(46)25-45)37-11-8-33(37)24-47-27-41(14-5-7-31-22-34(43)10-12-36(31)41)28-53-39-13-9-32(23-38(39)47)40(48)44-54(49,50)30(29)2/h4,9-10,12-13,15,22-23,29-30,33,35,37H,5-8,11,14,16-21,24-28H2,1-3H3,(H,44,48)/b15-4-/t29-,30+,33-,35-,37+,41-,42+/m0/s1. The number of ether oxygens (including phenoxy) is 3. The highest BCUT2D eigenvalue weighted by Crippen LogP contribution is 2.50. The zero-order valence-corrected chi connectivity index (χ0v) is 33.7. The first-order chi connectivity index (χ1) is 26.0. The van der Waals surface area contributed by atoms with E-state index in [0.29, 0.717) is 30.6 Å². The summed E-state index contributed by atoms with van der Waals surface area (Å²) in [5, 5.41) is -0.0278. The van der Waals surface area contributed by atoms with Crippen LogP contribution < -0.4 is 14.4 Å². The number of morpholine rings is 1. The highest BCUT2D eigenvalue weighted by Gasteiger charge is 2.49. The fourth-order valence-corrected chi connectivity index (χ4v) is 11.8. The molecule has 0 radical (unpaired) electrons. The minimum atomic E-state index is -3.96. The fraction of sp³-hybridized carbons (Fsp3) is 0.643. The topological polar surface area (TPSA) is 101 Å². The van der Waals surface area contributed by atoms with Crippen LogP contribution in [-0.2, 0) is 31.3 Å². The Kier molecular flexibility index (Phi) is 10.9. The van der Waals surface area contributed by atoms with E-state index in [1.165, 1.54) is 11.1 Å². The molecule has 2 saturated heterocycles. The number of rotatable bonds is 4. The van der Waals surface area contributed by atoms with Crippen LogP contribution in [0.5, 0.6) is 5.75 Å². The van der Waals surface area contributed by atoms with Crippen molar-refractivity contribution < 1.29 is 27.4 Å². The van der Waals surface area contributed by atoms with E-state index in [9.17, 15) is 13.2 Å². The van der Waals surface area contributed by atoms with E-state index in [-0.39, 0.29) is 17.3 Å². The molecule has 12 heteroatoms. The molecule has 294 valence electrons. The van der Waals surface area contributed by atoms with Gasteiger partial charge in [-0.3, -0.25) is 9.69 Å². The second kappa shape index (κ2) is 15.3. The molecule has 0 aromatic heterocycles. The monoisotopic (exact) mass is 780 g/mol. The summed E-state index contributed by atoms with van der Waals surface area (Å²) in [6.45, 7) is 12.3. The van der Waals surface area contributed by atoms with Gasteiger partial charge in [-0.05, 0) is 111 Å². The van der Waals surface area contributed by atoms with Crippen LogP contribution in [0.2, 0.25) is 5.02 Å². The van der Waals surface area contributed by atoms with Crippen molar-refractivity contribution in [3.63, 3.8) is 0 Å². The SMILES string of the molecule is CO[C@@]1(CCN2CCN3CCOC[C@@H]3C2)/C=C\C[C@H](C)[C@@H](C)S(=O)(=O)NC(=O)c2ccc3c(c2)N(C[C@@H]2CC[C@H]21)C[C@@]1(CCCc2cc(Cl)ccc21)CO3. The van der Waals surface area contributed by atoms with Crippen LogP contribution in [0, 0.1) is 17.8 Å². The number of halogens is 1. The number of amides is 1. The van der Waals surface area contributed by atoms with Gasteiger partial charge in [0.1, 0.15) is 5.75 Å². The smallest absolute Gasteiger partial charge is 0.264 e. The molecule has 2 bridgehead atoms. The molecule has 1 amide bonds. The number of allylic oxidation sites excluding steroid dienone is 1. The summed E-state index contributed by atoms with van der Waals surface area (Å²) in [7, 11) is -2.10. The van der Waals surface area contributed by atoms with Gasteiger partial charge in [-0.2, -0.15) is 0 Å². The third-order valence-corrected chi connectivity index (χ3v) is 16.1. The first-order valence-corrected chi connectivity index (χ1v) is 22.1. The number of nitrogens with zero attached hydrogens (tertiary/aromatic N) is 3. The van der Waals surface area contributed by atoms with Crippen molar-refractivity contribution in [3.05, 3.63) is 70.3 Å². The number of carbonyl (C=O) groups excluding carboxylic acids is 1. The summed E-state index contributed by atoms with van der Waals surface area (Å²) in [6, 6.07) is 12.1. The Morgan fingerprint density at radius 2 is 1.94 bits per heavy atom. The molecule has 8 rings (SSSR count). The van der Waals surface area contributed by atoms with Gasteiger partial charge >= 0.3 is 0 Å². The predicted octanol–water partition coefficient (Wildman–Crippen LogP) is 5.68. The first kappa shape index (κ1) is 38.2. The highest BCUT2D eigenvalue weighted by molar-refractivity contribution is 7.90. The van der Waals surface area contributed by atoms with Gasteiger partial charge in [0.15, 0.2) is 0 Å². The Hall–Kier alpha value is -2.67. The summed E-state index contributed by atoms with van der Waals surface area (Å²) in [5.74, 6) is 0.504. The van der Waals surface area contributed by atoms with Crippen LogP contribution in [0.4, 0.5) is 5.69 Å². The van der Waals surface area contributed by atoms with Crippen molar-refractivity contribution in [1.82, 2.24) is 14.5 Å². The third kappa shape index (κ3) is 7.34. The lowest BCUT2D eigenvalue weighted by Crippen LogP contribution is -2.59. The van der Waals surface area contributed by atoms with Gasteiger partial charge in [0.05, 0.1) is 36.4 Å². The van der Waals surface area contributed by atoms with Crippen molar-refractivity contribution in [1.29, 1.82) is 0 Å². The van der Waals surface area contributed by atoms with Gasteiger partial charge in [-0.15, -0.1) is 0 Å².